The van der Waals surface area contributed by atoms with Gasteiger partial charge in [0, 0.05) is 7.35 Å². The Hall–Kier alpha value is 1.46. The zero-order chi connectivity index (χ0) is 11.1. The second-order valence-corrected chi connectivity index (χ2v) is 9.04. The van der Waals surface area contributed by atoms with Gasteiger partial charge in [0.15, 0.2) is 0 Å². The van der Waals surface area contributed by atoms with Gasteiger partial charge in [0.05, 0.1) is 0 Å². The van der Waals surface area contributed by atoms with Crippen LogP contribution in [0.15, 0.2) is 0 Å². The maximum Gasteiger partial charge on any atom is 0.0223 e. The van der Waals surface area contributed by atoms with Crippen LogP contribution < -0.4 is 0 Å². The number of alkyl halides is 2. The molecule has 1 unspecified atom stereocenters. The molecule has 0 aromatic carbocycles. The van der Waals surface area contributed by atoms with Crippen molar-refractivity contribution in [3.63, 3.8) is 0 Å². The second kappa shape index (κ2) is 7.72. The molecule has 0 radical (unpaired) electrons. The Morgan fingerprint density at radius 1 is 1.07 bits per heavy atom. The van der Waals surface area contributed by atoms with Gasteiger partial charge < -0.3 is 0 Å². The topological polar surface area (TPSA) is 0 Å². The molecule has 0 heterocycles. The lowest BCUT2D eigenvalue weighted by Gasteiger charge is -2.10. The van der Waals surface area contributed by atoms with Crippen molar-refractivity contribution in [2.45, 2.75) is 78.5 Å². The Labute approximate surface area is 123 Å². The van der Waals surface area contributed by atoms with Crippen LogP contribution in [0.1, 0.15) is 71.1 Å². The fourth-order valence-electron chi connectivity index (χ4n) is 1.95. The highest BCUT2D eigenvalue weighted by atomic mass is 127. The van der Waals surface area contributed by atoms with Gasteiger partial charge in [-0.1, -0.05) is 84.2 Å². The van der Waals surface area contributed by atoms with Crippen LogP contribution in [-0.2, 0) is 0 Å². The van der Waals surface area contributed by atoms with Crippen LogP contribution in [0, 0.1) is 0 Å². The van der Waals surface area contributed by atoms with E-state index in [0.717, 1.165) is 7.35 Å². The first kappa shape index (κ1) is 14.5. The molecule has 0 aliphatic heterocycles. The third-order valence-electron chi connectivity index (χ3n) is 3.31. The first-order valence-corrected chi connectivity index (χ1v) is 8.82. The quantitative estimate of drug-likeness (QED) is 0.241. The lowest BCUT2D eigenvalue weighted by atomic mass is 10.1. The molecule has 15 heavy (non-hydrogen) atoms. The van der Waals surface area contributed by atoms with Crippen LogP contribution in [0.2, 0.25) is 0 Å². The Morgan fingerprint density at radius 3 is 2.20 bits per heavy atom. The van der Waals surface area contributed by atoms with E-state index in [2.05, 4.69) is 52.1 Å². The van der Waals surface area contributed by atoms with Crippen molar-refractivity contribution in [1.29, 1.82) is 0 Å². The van der Waals surface area contributed by atoms with E-state index in [4.69, 9.17) is 0 Å². The molecule has 2 heteroatoms. The highest BCUT2D eigenvalue weighted by molar-refractivity contribution is 14.1. The van der Waals surface area contributed by atoms with Gasteiger partial charge in [-0.15, -0.1) is 0 Å². The van der Waals surface area contributed by atoms with E-state index in [1.54, 1.807) is 0 Å². The summed E-state index contributed by atoms with van der Waals surface area (Å²) >= 11 is 5.33. The largest absolute Gasteiger partial charge is 0.0826 e. The summed E-state index contributed by atoms with van der Waals surface area (Å²) in [4.78, 5) is 0. The summed E-state index contributed by atoms with van der Waals surface area (Å²) in [5, 5.41) is 0. The standard InChI is InChI=1S/C13H24I2/c1-2-3-4-7-12(14)8-5-6-9-13(15)10-11-13/h12H,2-11H2,1H3. The van der Waals surface area contributed by atoms with E-state index < -0.39 is 0 Å². The maximum absolute atomic E-state index is 2.67. The molecule has 1 saturated carbocycles. The van der Waals surface area contributed by atoms with Gasteiger partial charge in [0.2, 0.25) is 0 Å². The van der Waals surface area contributed by atoms with Crippen LogP contribution >= 0.6 is 45.2 Å². The molecule has 1 aliphatic rings. The summed E-state index contributed by atoms with van der Waals surface area (Å²) in [6.45, 7) is 2.29. The zero-order valence-electron chi connectivity index (χ0n) is 9.90. The predicted molar refractivity (Wildman–Crippen MR) is 86.4 cm³/mol. The van der Waals surface area contributed by atoms with Crippen LogP contribution in [0.5, 0.6) is 0 Å². The van der Waals surface area contributed by atoms with Gasteiger partial charge in [-0.3, -0.25) is 0 Å². The van der Waals surface area contributed by atoms with E-state index in [-0.39, 0.29) is 0 Å². The van der Waals surface area contributed by atoms with Gasteiger partial charge >= 0.3 is 0 Å². The van der Waals surface area contributed by atoms with Crippen LogP contribution in [0.25, 0.3) is 0 Å². The van der Waals surface area contributed by atoms with Crippen molar-refractivity contribution in [2.24, 2.45) is 0 Å². The Morgan fingerprint density at radius 2 is 1.67 bits per heavy atom. The molecule has 0 amide bonds. The van der Waals surface area contributed by atoms with Crippen molar-refractivity contribution in [3.05, 3.63) is 0 Å². The highest BCUT2D eigenvalue weighted by Crippen LogP contribution is 2.49. The first-order valence-electron chi connectivity index (χ1n) is 6.49. The molecule has 1 rings (SSSR count). The molecule has 1 fully saturated rings. The molecule has 0 aromatic heterocycles. The van der Waals surface area contributed by atoms with Gasteiger partial charge in [-0.2, -0.15) is 0 Å². The van der Waals surface area contributed by atoms with E-state index in [9.17, 15) is 0 Å². The van der Waals surface area contributed by atoms with Crippen LogP contribution in [0.4, 0.5) is 0 Å². The number of halogens is 2. The van der Waals surface area contributed by atoms with Gasteiger partial charge in [-0.05, 0) is 32.1 Å². The summed E-state index contributed by atoms with van der Waals surface area (Å²) in [7, 11) is 0. The van der Waals surface area contributed by atoms with Gasteiger partial charge in [0.1, 0.15) is 0 Å². The molecule has 1 atom stereocenters. The minimum atomic E-state index is 0.751. The fourth-order valence-corrected chi connectivity index (χ4v) is 3.49. The molecular weight excluding hydrogens is 410 g/mol. The molecule has 0 N–H and O–H groups in total. The van der Waals surface area contributed by atoms with Gasteiger partial charge in [0.25, 0.3) is 0 Å². The van der Waals surface area contributed by atoms with Crippen molar-refractivity contribution in [3.8, 4) is 0 Å². The molecule has 0 nitrogen and oxygen atoms in total. The molecule has 0 spiro atoms. The van der Waals surface area contributed by atoms with E-state index >= 15 is 0 Å². The minimum absolute atomic E-state index is 0.751. The molecule has 1 aliphatic carbocycles. The predicted octanol–water partition coefficient (Wildman–Crippen LogP) is 5.90. The second-order valence-electron chi connectivity index (χ2n) is 4.99. The van der Waals surface area contributed by atoms with Crippen molar-refractivity contribution in [1.82, 2.24) is 0 Å². The lowest BCUT2D eigenvalue weighted by molar-refractivity contribution is 0.583. The SMILES string of the molecule is CCCCCC(I)CCCCC1(I)CC1. The lowest BCUT2D eigenvalue weighted by Crippen LogP contribution is -2.00. The summed E-state index contributed by atoms with van der Waals surface area (Å²) in [5.74, 6) is 0. The Bertz CT molecular complexity index is 164. The molecule has 0 saturated heterocycles. The summed E-state index contributed by atoms with van der Waals surface area (Å²) in [6.07, 6.45) is 14.5. The van der Waals surface area contributed by atoms with E-state index in [1.165, 1.54) is 64.2 Å². The molecule has 90 valence electrons. The normalized spacial score (nSPS) is 20.2. The Balaban J connectivity index is 1.85. The summed E-state index contributed by atoms with van der Waals surface area (Å²) in [6, 6.07) is 0. The van der Waals surface area contributed by atoms with Crippen LogP contribution in [0.3, 0.4) is 0 Å². The zero-order valence-corrected chi connectivity index (χ0v) is 14.2. The van der Waals surface area contributed by atoms with Crippen molar-refractivity contribution < 1.29 is 0 Å². The third kappa shape index (κ3) is 7.40. The fraction of sp³-hybridized carbons (Fsp3) is 1.00. The average molecular weight is 434 g/mol. The smallest absolute Gasteiger partial charge is 0.0223 e. The monoisotopic (exact) mass is 434 g/mol. The number of hydrogen-bond donors (Lipinski definition) is 0. The Kier molecular flexibility index (Phi) is 7.48. The highest BCUT2D eigenvalue weighted by Gasteiger charge is 2.38. The first-order chi connectivity index (χ1) is 7.16. The van der Waals surface area contributed by atoms with E-state index in [0.29, 0.717) is 0 Å². The molecule has 0 bridgehead atoms. The molecule has 0 aromatic rings. The summed E-state index contributed by atoms with van der Waals surface area (Å²) in [5.41, 5.74) is 0. The van der Waals surface area contributed by atoms with Crippen molar-refractivity contribution in [2.75, 3.05) is 0 Å². The van der Waals surface area contributed by atoms with Crippen molar-refractivity contribution >= 4 is 45.2 Å². The number of unbranched alkanes of at least 4 members (excludes halogenated alkanes) is 3. The minimum Gasteiger partial charge on any atom is -0.0826 e. The number of hydrogen-bond acceptors (Lipinski definition) is 0. The van der Waals surface area contributed by atoms with E-state index in [1.807, 2.05) is 0 Å². The maximum atomic E-state index is 2.67. The summed E-state index contributed by atoms with van der Waals surface area (Å²) < 4.78 is 1.69. The van der Waals surface area contributed by atoms with Gasteiger partial charge in [-0.25, -0.2) is 0 Å². The number of rotatable bonds is 9. The third-order valence-corrected chi connectivity index (χ3v) is 6.17. The molecular formula is C13H24I2. The average Bonchev–Trinajstić information content (AvgIpc) is 2.93. The van der Waals surface area contributed by atoms with Crippen LogP contribution in [-0.4, -0.2) is 7.35 Å².